The van der Waals surface area contributed by atoms with Gasteiger partial charge in [0.1, 0.15) is 5.76 Å². The van der Waals surface area contributed by atoms with E-state index in [0.717, 1.165) is 11.3 Å². The fourth-order valence-corrected chi connectivity index (χ4v) is 3.11. The standard InChI is InChI=1S/C18H19N3O3S/c1-14-19-17(20-24-14)12-25-13-18(22)21(11-16-8-5-9-23-16)10-15-6-3-2-4-7-15/h2-9H,10-13H2,1H3. The average molecular weight is 357 g/mol. The molecule has 2 aromatic heterocycles. The Hall–Kier alpha value is -2.54. The summed E-state index contributed by atoms with van der Waals surface area (Å²) in [5, 5.41) is 3.84. The van der Waals surface area contributed by atoms with E-state index in [1.54, 1.807) is 18.1 Å². The summed E-state index contributed by atoms with van der Waals surface area (Å²) in [4.78, 5) is 18.6. The quantitative estimate of drug-likeness (QED) is 0.615. The second-order valence-corrected chi connectivity index (χ2v) is 6.52. The first-order valence-corrected chi connectivity index (χ1v) is 9.07. The van der Waals surface area contributed by atoms with Crippen LogP contribution in [0.5, 0.6) is 0 Å². The second kappa shape index (κ2) is 8.53. The minimum atomic E-state index is 0.0467. The van der Waals surface area contributed by atoms with Crippen LogP contribution in [-0.2, 0) is 23.6 Å². The highest BCUT2D eigenvalue weighted by molar-refractivity contribution is 7.99. The van der Waals surface area contributed by atoms with Crippen molar-refractivity contribution in [2.24, 2.45) is 0 Å². The topological polar surface area (TPSA) is 72.4 Å². The number of nitrogens with zero attached hydrogens (tertiary/aromatic N) is 3. The van der Waals surface area contributed by atoms with Crippen molar-refractivity contribution in [3.8, 4) is 0 Å². The summed E-state index contributed by atoms with van der Waals surface area (Å²) in [6.07, 6.45) is 1.62. The summed E-state index contributed by atoms with van der Waals surface area (Å²) in [5.41, 5.74) is 1.08. The van der Waals surface area contributed by atoms with Gasteiger partial charge < -0.3 is 13.8 Å². The molecule has 0 aliphatic rings. The van der Waals surface area contributed by atoms with Crippen LogP contribution in [0.3, 0.4) is 0 Å². The van der Waals surface area contributed by atoms with Crippen LogP contribution in [0.25, 0.3) is 0 Å². The van der Waals surface area contributed by atoms with E-state index in [9.17, 15) is 4.79 Å². The second-order valence-electron chi connectivity index (χ2n) is 5.54. The van der Waals surface area contributed by atoms with Crippen LogP contribution >= 0.6 is 11.8 Å². The predicted octanol–water partition coefficient (Wildman–Crippen LogP) is 3.43. The SMILES string of the molecule is Cc1nc(CSCC(=O)N(Cc2ccccc2)Cc2ccco2)no1. The number of amides is 1. The van der Waals surface area contributed by atoms with Crippen LogP contribution in [0, 0.1) is 6.92 Å². The van der Waals surface area contributed by atoms with E-state index in [1.807, 2.05) is 42.5 Å². The minimum Gasteiger partial charge on any atom is -0.467 e. The number of hydrogen-bond acceptors (Lipinski definition) is 6. The monoisotopic (exact) mass is 357 g/mol. The van der Waals surface area contributed by atoms with Gasteiger partial charge in [0.25, 0.3) is 0 Å². The Morgan fingerprint density at radius 3 is 2.68 bits per heavy atom. The smallest absolute Gasteiger partial charge is 0.233 e. The summed E-state index contributed by atoms with van der Waals surface area (Å²) >= 11 is 1.47. The van der Waals surface area contributed by atoms with E-state index in [0.29, 0.717) is 36.3 Å². The van der Waals surface area contributed by atoms with E-state index < -0.39 is 0 Å². The first kappa shape index (κ1) is 17.3. The van der Waals surface area contributed by atoms with Crippen molar-refractivity contribution in [1.29, 1.82) is 0 Å². The van der Waals surface area contributed by atoms with Crippen LogP contribution in [-0.4, -0.2) is 26.7 Å². The molecule has 0 unspecified atom stereocenters. The summed E-state index contributed by atoms with van der Waals surface area (Å²) in [7, 11) is 0. The lowest BCUT2D eigenvalue weighted by atomic mass is 10.2. The third-order valence-electron chi connectivity index (χ3n) is 3.52. The maximum absolute atomic E-state index is 12.7. The van der Waals surface area contributed by atoms with Crippen molar-refractivity contribution in [1.82, 2.24) is 15.0 Å². The molecule has 0 N–H and O–H groups in total. The van der Waals surface area contributed by atoms with Gasteiger partial charge in [-0.2, -0.15) is 4.98 Å². The van der Waals surface area contributed by atoms with Crippen LogP contribution in [0.4, 0.5) is 0 Å². The average Bonchev–Trinajstić information content (AvgIpc) is 3.27. The minimum absolute atomic E-state index is 0.0467. The summed E-state index contributed by atoms with van der Waals surface area (Å²) in [6.45, 7) is 2.74. The molecule has 3 aromatic rings. The predicted molar refractivity (Wildman–Crippen MR) is 94.6 cm³/mol. The van der Waals surface area contributed by atoms with Crippen molar-refractivity contribution in [3.05, 3.63) is 71.8 Å². The molecular weight excluding hydrogens is 338 g/mol. The van der Waals surface area contributed by atoms with Crippen molar-refractivity contribution < 1.29 is 13.7 Å². The summed E-state index contributed by atoms with van der Waals surface area (Å²) < 4.78 is 10.3. The van der Waals surface area contributed by atoms with E-state index in [2.05, 4.69) is 10.1 Å². The van der Waals surface area contributed by atoms with Crippen molar-refractivity contribution >= 4 is 17.7 Å². The Balaban J connectivity index is 1.59. The van der Waals surface area contributed by atoms with Gasteiger partial charge in [-0.1, -0.05) is 35.5 Å². The van der Waals surface area contributed by atoms with Crippen LogP contribution in [0.2, 0.25) is 0 Å². The molecule has 2 heterocycles. The van der Waals surface area contributed by atoms with E-state index in [4.69, 9.17) is 8.94 Å². The Labute approximate surface area is 150 Å². The molecule has 1 amide bonds. The van der Waals surface area contributed by atoms with Crippen LogP contribution in [0.1, 0.15) is 23.0 Å². The van der Waals surface area contributed by atoms with Gasteiger partial charge in [0.2, 0.25) is 11.8 Å². The summed E-state index contributed by atoms with van der Waals surface area (Å²) in [6, 6.07) is 13.6. The van der Waals surface area contributed by atoms with Gasteiger partial charge in [-0.15, -0.1) is 11.8 Å². The molecule has 6 nitrogen and oxygen atoms in total. The van der Waals surface area contributed by atoms with Crippen LogP contribution < -0.4 is 0 Å². The zero-order valence-electron chi connectivity index (χ0n) is 13.9. The zero-order chi connectivity index (χ0) is 17.5. The molecular formula is C18H19N3O3S. The highest BCUT2D eigenvalue weighted by atomic mass is 32.2. The Morgan fingerprint density at radius 1 is 1.16 bits per heavy atom. The number of carbonyl (C=O) groups is 1. The third kappa shape index (κ3) is 5.22. The molecule has 0 spiro atoms. The van der Waals surface area contributed by atoms with Crippen molar-refractivity contribution in [2.75, 3.05) is 5.75 Å². The highest BCUT2D eigenvalue weighted by Crippen LogP contribution is 2.15. The molecule has 130 valence electrons. The lowest BCUT2D eigenvalue weighted by molar-refractivity contribution is -0.129. The number of benzene rings is 1. The first-order chi connectivity index (χ1) is 12.2. The normalized spacial score (nSPS) is 10.8. The number of furan rings is 1. The van der Waals surface area contributed by atoms with E-state index >= 15 is 0 Å². The molecule has 1 aromatic carbocycles. The molecule has 0 aliphatic heterocycles. The highest BCUT2D eigenvalue weighted by Gasteiger charge is 2.16. The lowest BCUT2D eigenvalue weighted by Gasteiger charge is -2.21. The van der Waals surface area contributed by atoms with Gasteiger partial charge >= 0.3 is 0 Å². The Morgan fingerprint density at radius 2 is 2.00 bits per heavy atom. The number of rotatable bonds is 8. The van der Waals surface area contributed by atoms with Gasteiger partial charge in [0, 0.05) is 13.5 Å². The van der Waals surface area contributed by atoms with Gasteiger partial charge in [-0.25, -0.2) is 0 Å². The molecule has 3 rings (SSSR count). The largest absolute Gasteiger partial charge is 0.467 e. The van der Waals surface area contributed by atoms with Gasteiger partial charge in [-0.3, -0.25) is 4.79 Å². The molecule has 0 aliphatic carbocycles. The number of aryl methyl sites for hydroxylation is 1. The van der Waals surface area contributed by atoms with Crippen molar-refractivity contribution in [3.63, 3.8) is 0 Å². The molecule has 0 fully saturated rings. The molecule has 25 heavy (non-hydrogen) atoms. The number of hydrogen-bond donors (Lipinski definition) is 0. The van der Waals surface area contributed by atoms with Crippen LogP contribution in [0.15, 0.2) is 57.7 Å². The maximum Gasteiger partial charge on any atom is 0.233 e. The lowest BCUT2D eigenvalue weighted by Crippen LogP contribution is -2.31. The summed E-state index contributed by atoms with van der Waals surface area (Å²) in [5.74, 6) is 2.85. The van der Waals surface area contributed by atoms with Gasteiger partial charge in [0.15, 0.2) is 5.82 Å². The van der Waals surface area contributed by atoms with Crippen molar-refractivity contribution in [2.45, 2.75) is 25.8 Å². The molecule has 7 heteroatoms. The van der Waals surface area contributed by atoms with E-state index in [-0.39, 0.29) is 5.91 Å². The maximum atomic E-state index is 12.7. The Kier molecular flexibility index (Phi) is 5.90. The molecule has 0 saturated carbocycles. The molecule has 0 atom stereocenters. The number of thioether (sulfide) groups is 1. The molecule has 0 radical (unpaired) electrons. The van der Waals surface area contributed by atoms with Gasteiger partial charge in [0.05, 0.1) is 24.3 Å². The number of carbonyl (C=O) groups excluding carboxylic acids is 1. The molecule has 0 bridgehead atoms. The first-order valence-electron chi connectivity index (χ1n) is 7.92. The zero-order valence-corrected chi connectivity index (χ0v) is 14.7. The number of aromatic nitrogens is 2. The fourth-order valence-electron chi connectivity index (χ4n) is 2.35. The fraction of sp³-hybridized carbons (Fsp3) is 0.278. The molecule has 0 saturated heterocycles. The van der Waals surface area contributed by atoms with E-state index in [1.165, 1.54) is 11.8 Å². The third-order valence-corrected chi connectivity index (χ3v) is 4.44. The Bertz CT molecular complexity index is 787. The van der Waals surface area contributed by atoms with Gasteiger partial charge in [-0.05, 0) is 17.7 Å².